The van der Waals surface area contributed by atoms with Crippen molar-refractivity contribution in [2.24, 2.45) is 0 Å². The zero-order valence-corrected chi connectivity index (χ0v) is 12.9. The molecule has 1 aromatic carbocycles. The monoisotopic (exact) mass is 317 g/mol. The highest BCUT2D eigenvalue weighted by Gasteiger charge is 2.34. The molecule has 1 aromatic rings. The van der Waals surface area contributed by atoms with Crippen molar-refractivity contribution in [2.45, 2.75) is 0 Å². The van der Waals surface area contributed by atoms with Gasteiger partial charge in [-0.15, -0.1) is 6.42 Å². The topological polar surface area (TPSA) is 55.8 Å². The van der Waals surface area contributed by atoms with Crippen LogP contribution >= 0.6 is 11.8 Å². The average Bonchev–Trinajstić information content (AvgIpc) is 2.79. The van der Waals surface area contributed by atoms with Gasteiger partial charge < -0.3 is 9.47 Å². The molecular formula is C16H15NO4S. The smallest absolute Gasteiger partial charge is 0.293 e. The second-order valence-electron chi connectivity index (χ2n) is 4.39. The molecular weight excluding hydrogens is 302 g/mol. The minimum absolute atomic E-state index is 0.206. The first-order valence-electron chi connectivity index (χ1n) is 6.56. The zero-order valence-electron chi connectivity index (χ0n) is 12.1. The minimum Gasteiger partial charge on any atom is -0.481 e. The van der Waals surface area contributed by atoms with Crippen LogP contribution in [-0.4, -0.2) is 42.9 Å². The Balaban J connectivity index is 2.08. The molecule has 0 unspecified atom stereocenters. The maximum atomic E-state index is 12.1. The highest BCUT2D eigenvalue weighted by Crippen LogP contribution is 2.32. The van der Waals surface area contributed by atoms with Crippen LogP contribution in [0.3, 0.4) is 0 Å². The molecule has 1 fully saturated rings. The predicted molar refractivity (Wildman–Crippen MR) is 85.3 cm³/mol. The predicted octanol–water partition coefficient (Wildman–Crippen LogP) is 2.38. The van der Waals surface area contributed by atoms with E-state index in [9.17, 15) is 9.59 Å². The Hall–Kier alpha value is -2.23. The number of carbonyl (C=O) groups is 2. The standard InChI is InChI=1S/C16H15NO4S/c1-3-9-21-13-6-4-12(5-7-13)11-14-15(18)17(8-10-20-2)16(19)22-14/h1,4-7,11H,8-10H2,2H3/b14-11+. The van der Waals surface area contributed by atoms with Crippen molar-refractivity contribution in [3.05, 3.63) is 34.7 Å². The van der Waals surface area contributed by atoms with Gasteiger partial charge in [-0.25, -0.2) is 0 Å². The van der Waals surface area contributed by atoms with E-state index in [0.717, 1.165) is 17.3 Å². The second-order valence-corrected chi connectivity index (χ2v) is 5.38. The van der Waals surface area contributed by atoms with Gasteiger partial charge in [-0.3, -0.25) is 14.5 Å². The molecule has 2 rings (SSSR count). The van der Waals surface area contributed by atoms with Crippen molar-refractivity contribution < 1.29 is 19.1 Å². The summed E-state index contributed by atoms with van der Waals surface area (Å²) < 4.78 is 10.2. The molecule has 1 saturated heterocycles. The van der Waals surface area contributed by atoms with Gasteiger partial charge in [-0.1, -0.05) is 18.1 Å². The number of amides is 2. The van der Waals surface area contributed by atoms with Crippen LogP contribution in [0.15, 0.2) is 29.2 Å². The van der Waals surface area contributed by atoms with Gasteiger partial charge in [0.1, 0.15) is 12.4 Å². The van der Waals surface area contributed by atoms with E-state index in [-0.39, 0.29) is 24.3 Å². The first-order valence-corrected chi connectivity index (χ1v) is 7.38. The number of terminal acetylenes is 1. The Bertz CT molecular complexity index is 631. The van der Waals surface area contributed by atoms with Crippen LogP contribution in [0.4, 0.5) is 4.79 Å². The van der Waals surface area contributed by atoms with E-state index in [0.29, 0.717) is 17.3 Å². The lowest BCUT2D eigenvalue weighted by molar-refractivity contribution is -0.123. The summed E-state index contributed by atoms with van der Waals surface area (Å²) in [5.41, 5.74) is 0.810. The lowest BCUT2D eigenvalue weighted by Gasteiger charge is -2.10. The first-order chi connectivity index (χ1) is 10.7. The summed E-state index contributed by atoms with van der Waals surface area (Å²) in [7, 11) is 1.53. The number of nitrogens with zero attached hydrogens (tertiary/aromatic N) is 1. The van der Waals surface area contributed by atoms with Gasteiger partial charge in [0.05, 0.1) is 18.1 Å². The molecule has 0 radical (unpaired) electrons. The normalized spacial score (nSPS) is 16.2. The molecule has 0 bridgehead atoms. The van der Waals surface area contributed by atoms with Gasteiger partial charge in [0, 0.05) is 7.11 Å². The fourth-order valence-corrected chi connectivity index (χ4v) is 2.68. The first kappa shape index (κ1) is 16.1. The maximum Gasteiger partial charge on any atom is 0.293 e. The lowest BCUT2D eigenvalue weighted by Crippen LogP contribution is -2.31. The van der Waals surface area contributed by atoms with E-state index in [1.807, 2.05) is 0 Å². The Morgan fingerprint density at radius 3 is 2.68 bits per heavy atom. The van der Waals surface area contributed by atoms with Gasteiger partial charge in [0.15, 0.2) is 0 Å². The number of imide groups is 1. The quantitative estimate of drug-likeness (QED) is 0.595. The lowest BCUT2D eigenvalue weighted by atomic mass is 10.2. The third kappa shape index (κ3) is 3.91. The van der Waals surface area contributed by atoms with Crippen LogP contribution in [0.2, 0.25) is 0 Å². The maximum absolute atomic E-state index is 12.1. The van der Waals surface area contributed by atoms with Crippen LogP contribution in [0.5, 0.6) is 5.75 Å². The van der Waals surface area contributed by atoms with Crippen molar-refractivity contribution in [2.75, 3.05) is 26.9 Å². The Morgan fingerprint density at radius 2 is 2.05 bits per heavy atom. The second kappa shape index (κ2) is 7.69. The number of hydrogen-bond acceptors (Lipinski definition) is 5. The summed E-state index contributed by atoms with van der Waals surface area (Å²) in [6.07, 6.45) is 6.80. The number of carbonyl (C=O) groups excluding carboxylic acids is 2. The largest absolute Gasteiger partial charge is 0.481 e. The van der Waals surface area contributed by atoms with Crippen LogP contribution in [0, 0.1) is 12.3 Å². The van der Waals surface area contributed by atoms with Crippen molar-refractivity contribution >= 4 is 29.0 Å². The van der Waals surface area contributed by atoms with E-state index in [1.54, 1.807) is 30.3 Å². The van der Waals surface area contributed by atoms with Gasteiger partial charge in [-0.2, -0.15) is 0 Å². The molecule has 1 heterocycles. The van der Waals surface area contributed by atoms with Crippen LogP contribution in [0.25, 0.3) is 6.08 Å². The summed E-state index contributed by atoms with van der Waals surface area (Å²) in [5.74, 6) is 2.75. The molecule has 5 nitrogen and oxygen atoms in total. The molecule has 0 aromatic heterocycles. The molecule has 22 heavy (non-hydrogen) atoms. The fraction of sp³-hybridized carbons (Fsp3) is 0.250. The Morgan fingerprint density at radius 1 is 1.32 bits per heavy atom. The number of methoxy groups -OCH3 is 1. The molecule has 114 valence electrons. The molecule has 6 heteroatoms. The third-order valence-corrected chi connectivity index (χ3v) is 3.80. The summed E-state index contributed by atoms with van der Waals surface area (Å²) in [6, 6.07) is 7.13. The molecule has 2 amide bonds. The van der Waals surface area contributed by atoms with Crippen LogP contribution in [0.1, 0.15) is 5.56 Å². The molecule has 0 aliphatic carbocycles. The Labute approximate surface area is 133 Å². The SMILES string of the molecule is C#CCOc1ccc(/C=C2/SC(=O)N(CCOC)C2=O)cc1. The van der Waals surface area contributed by atoms with E-state index >= 15 is 0 Å². The molecule has 0 N–H and O–H groups in total. The third-order valence-electron chi connectivity index (χ3n) is 2.89. The highest BCUT2D eigenvalue weighted by atomic mass is 32.2. The minimum atomic E-state index is -0.292. The van der Waals surface area contributed by atoms with Gasteiger partial charge in [-0.05, 0) is 35.5 Å². The number of rotatable bonds is 6. The van der Waals surface area contributed by atoms with E-state index in [4.69, 9.17) is 15.9 Å². The van der Waals surface area contributed by atoms with Crippen LogP contribution < -0.4 is 4.74 Å². The van der Waals surface area contributed by atoms with E-state index in [2.05, 4.69) is 5.92 Å². The molecule has 1 aliphatic rings. The zero-order chi connectivity index (χ0) is 15.9. The highest BCUT2D eigenvalue weighted by molar-refractivity contribution is 8.18. The molecule has 1 aliphatic heterocycles. The van der Waals surface area contributed by atoms with E-state index in [1.165, 1.54) is 12.0 Å². The summed E-state index contributed by atoms with van der Waals surface area (Å²) in [6.45, 7) is 0.793. The van der Waals surface area contributed by atoms with Crippen molar-refractivity contribution in [1.82, 2.24) is 4.90 Å². The Kier molecular flexibility index (Phi) is 5.64. The summed E-state index contributed by atoms with van der Waals surface area (Å²) in [5, 5.41) is -0.276. The average molecular weight is 317 g/mol. The van der Waals surface area contributed by atoms with Crippen molar-refractivity contribution in [3.8, 4) is 18.1 Å². The molecule has 0 atom stereocenters. The number of thioether (sulfide) groups is 1. The van der Waals surface area contributed by atoms with Gasteiger partial charge >= 0.3 is 0 Å². The van der Waals surface area contributed by atoms with Crippen molar-refractivity contribution in [1.29, 1.82) is 0 Å². The molecule has 0 spiro atoms. The van der Waals surface area contributed by atoms with E-state index < -0.39 is 0 Å². The van der Waals surface area contributed by atoms with Crippen molar-refractivity contribution in [3.63, 3.8) is 0 Å². The number of benzene rings is 1. The summed E-state index contributed by atoms with van der Waals surface area (Å²) in [4.78, 5) is 25.5. The van der Waals surface area contributed by atoms with Gasteiger partial charge in [0.2, 0.25) is 0 Å². The van der Waals surface area contributed by atoms with Gasteiger partial charge in [0.25, 0.3) is 11.1 Å². The number of ether oxygens (including phenoxy) is 2. The summed E-state index contributed by atoms with van der Waals surface area (Å²) >= 11 is 0.930. The fourth-order valence-electron chi connectivity index (χ4n) is 1.81. The number of hydrogen-bond donors (Lipinski definition) is 0. The van der Waals surface area contributed by atoms with Crippen LogP contribution in [-0.2, 0) is 9.53 Å². The molecule has 0 saturated carbocycles.